The fourth-order valence-electron chi connectivity index (χ4n) is 1.37. The first-order valence-electron chi connectivity index (χ1n) is 4.89. The Labute approximate surface area is 109 Å². The number of rotatable bonds is 3. The van der Waals surface area contributed by atoms with Gasteiger partial charge < -0.3 is 9.47 Å². The fourth-order valence-corrected chi connectivity index (χ4v) is 1.37. The van der Waals surface area contributed by atoms with E-state index in [1.807, 2.05) is 0 Å². The minimum Gasteiger partial charge on any atom is -0.465 e. The number of carbonyl (C=O) groups excluding carboxylic acids is 1. The summed E-state index contributed by atoms with van der Waals surface area (Å²) in [5.74, 6) is -2.16. The summed E-state index contributed by atoms with van der Waals surface area (Å²) in [6, 6.07) is 1.86. The van der Waals surface area contributed by atoms with Crippen molar-refractivity contribution in [1.82, 2.24) is 0 Å². The molecule has 0 saturated heterocycles. The van der Waals surface area contributed by atoms with E-state index in [2.05, 4.69) is 9.47 Å². The van der Waals surface area contributed by atoms with E-state index in [0.717, 1.165) is 7.11 Å². The van der Waals surface area contributed by atoms with Gasteiger partial charge in [0.2, 0.25) is 0 Å². The SMILES string of the molecule is COC(=O)c1cc(C(F)(F)F)c(C#N)cc1OC(F)F. The molecular formula is C11H6F5NO3. The van der Waals surface area contributed by atoms with Gasteiger partial charge in [-0.2, -0.15) is 27.2 Å². The molecule has 0 heterocycles. The Balaban J connectivity index is 3.54. The van der Waals surface area contributed by atoms with Crippen molar-refractivity contribution in [2.75, 3.05) is 7.11 Å². The van der Waals surface area contributed by atoms with Gasteiger partial charge in [0.15, 0.2) is 0 Å². The van der Waals surface area contributed by atoms with Crippen molar-refractivity contribution in [3.63, 3.8) is 0 Å². The number of halogens is 5. The van der Waals surface area contributed by atoms with Gasteiger partial charge >= 0.3 is 18.8 Å². The highest BCUT2D eigenvalue weighted by Crippen LogP contribution is 2.36. The topological polar surface area (TPSA) is 59.3 Å². The van der Waals surface area contributed by atoms with Crippen LogP contribution < -0.4 is 4.74 Å². The van der Waals surface area contributed by atoms with Crippen LogP contribution in [0, 0.1) is 11.3 Å². The van der Waals surface area contributed by atoms with E-state index >= 15 is 0 Å². The Kier molecular flexibility index (Phi) is 4.49. The fraction of sp³-hybridized carbons (Fsp3) is 0.273. The lowest BCUT2D eigenvalue weighted by molar-refractivity contribution is -0.137. The Morgan fingerprint density at radius 1 is 1.35 bits per heavy atom. The lowest BCUT2D eigenvalue weighted by Gasteiger charge is -2.14. The monoisotopic (exact) mass is 295 g/mol. The molecule has 0 radical (unpaired) electrons. The average Bonchev–Trinajstić information content (AvgIpc) is 2.35. The molecule has 0 N–H and O–H groups in total. The van der Waals surface area contributed by atoms with Crippen LogP contribution in [-0.2, 0) is 10.9 Å². The summed E-state index contributed by atoms with van der Waals surface area (Å²) in [6.07, 6.45) is -4.93. The lowest BCUT2D eigenvalue weighted by Crippen LogP contribution is -2.14. The van der Waals surface area contributed by atoms with Gasteiger partial charge in [-0.15, -0.1) is 0 Å². The molecule has 1 aromatic carbocycles. The first-order chi connectivity index (χ1) is 9.20. The maximum Gasteiger partial charge on any atom is 0.417 e. The van der Waals surface area contributed by atoms with Gasteiger partial charge in [-0.3, -0.25) is 0 Å². The normalized spacial score (nSPS) is 11.1. The van der Waals surface area contributed by atoms with Crippen LogP contribution in [0.25, 0.3) is 0 Å². The Hall–Kier alpha value is -2.37. The number of benzene rings is 1. The summed E-state index contributed by atoms with van der Waals surface area (Å²) in [4.78, 5) is 11.3. The summed E-state index contributed by atoms with van der Waals surface area (Å²) >= 11 is 0. The summed E-state index contributed by atoms with van der Waals surface area (Å²) in [5, 5.41) is 8.62. The summed E-state index contributed by atoms with van der Waals surface area (Å²) in [5.41, 5.74) is -3.23. The number of esters is 1. The van der Waals surface area contributed by atoms with Gasteiger partial charge in [-0.25, -0.2) is 4.79 Å². The van der Waals surface area contributed by atoms with Crippen molar-refractivity contribution in [2.45, 2.75) is 12.8 Å². The van der Waals surface area contributed by atoms with Crippen LogP contribution in [-0.4, -0.2) is 19.7 Å². The number of ether oxygens (including phenoxy) is 2. The minimum atomic E-state index is -4.93. The molecular weight excluding hydrogens is 289 g/mol. The van der Waals surface area contributed by atoms with Gasteiger partial charge in [0, 0.05) is 0 Å². The smallest absolute Gasteiger partial charge is 0.417 e. The minimum absolute atomic E-state index is 0.238. The van der Waals surface area contributed by atoms with Crippen molar-refractivity contribution in [2.24, 2.45) is 0 Å². The van der Waals surface area contributed by atoms with Crippen LogP contribution in [0.1, 0.15) is 21.5 Å². The van der Waals surface area contributed by atoms with Crippen molar-refractivity contribution < 1.29 is 36.2 Å². The largest absolute Gasteiger partial charge is 0.465 e. The number of hydrogen-bond acceptors (Lipinski definition) is 4. The van der Waals surface area contributed by atoms with Gasteiger partial charge in [0.1, 0.15) is 11.3 Å². The van der Waals surface area contributed by atoms with E-state index in [-0.39, 0.29) is 6.07 Å². The zero-order chi connectivity index (χ0) is 15.5. The van der Waals surface area contributed by atoms with E-state index in [9.17, 15) is 26.7 Å². The number of alkyl halides is 5. The Morgan fingerprint density at radius 2 is 1.95 bits per heavy atom. The highest BCUT2D eigenvalue weighted by atomic mass is 19.4. The average molecular weight is 295 g/mol. The summed E-state index contributed by atoms with van der Waals surface area (Å²) in [6.45, 7) is -3.37. The molecule has 0 amide bonds. The Bertz CT molecular complexity index is 562. The van der Waals surface area contributed by atoms with Crippen LogP contribution >= 0.6 is 0 Å². The molecule has 0 bridgehead atoms. The standard InChI is InChI=1S/C11H6F5NO3/c1-19-9(18)6-3-7(11(14,15)16)5(4-17)2-8(6)20-10(12)13/h2-3,10H,1H3. The highest BCUT2D eigenvalue weighted by Gasteiger charge is 2.36. The molecule has 0 spiro atoms. The molecule has 0 aliphatic heterocycles. The second-order valence-electron chi connectivity index (χ2n) is 3.37. The predicted octanol–water partition coefficient (Wildman–Crippen LogP) is 2.97. The van der Waals surface area contributed by atoms with Crippen molar-refractivity contribution in [3.8, 4) is 11.8 Å². The molecule has 108 valence electrons. The Morgan fingerprint density at radius 3 is 2.35 bits per heavy atom. The third-order valence-corrected chi connectivity index (χ3v) is 2.17. The maximum atomic E-state index is 12.7. The van der Waals surface area contributed by atoms with Crippen LogP contribution in [0.5, 0.6) is 5.75 Å². The van der Waals surface area contributed by atoms with Gasteiger partial charge in [0.05, 0.1) is 24.3 Å². The van der Waals surface area contributed by atoms with Crippen molar-refractivity contribution in [3.05, 3.63) is 28.8 Å². The van der Waals surface area contributed by atoms with Crippen LogP contribution in [0.3, 0.4) is 0 Å². The third-order valence-electron chi connectivity index (χ3n) is 2.17. The molecule has 0 fully saturated rings. The molecule has 20 heavy (non-hydrogen) atoms. The van der Waals surface area contributed by atoms with Gasteiger partial charge in [-0.1, -0.05) is 0 Å². The van der Waals surface area contributed by atoms with E-state index in [1.54, 1.807) is 0 Å². The summed E-state index contributed by atoms with van der Waals surface area (Å²) < 4.78 is 70.5. The van der Waals surface area contributed by atoms with Gasteiger partial charge in [-0.05, 0) is 12.1 Å². The van der Waals surface area contributed by atoms with Crippen LogP contribution in [0.4, 0.5) is 22.0 Å². The molecule has 0 aromatic heterocycles. The number of methoxy groups -OCH3 is 1. The molecule has 0 aliphatic rings. The van der Waals surface area contributed by atoms with E-state index in [0.29, 0.717) is 6.07 Å². The number of nitrogens with zero attached hydrogens (tertiary/aromatic N) is 1. The molecule has 9 heteroatoms. The lowest BCUT2D eigenvalue weighted by atomic mass is 10.0. The maximum absolute atomic E-state index is 12.7. The second-order valence-corrected chi connectivity index (χ2v) is 3.37. The molecule has 0 aliphatic carbocycles. The zero-order valence-electron chi connectivity index (χ0n) is 9.79. The second kappa shape index (κ2) is 5.73. The van der Waals surface area contributed by atoms with E-state index in [4.69, 9.17) is 5.26 Å². The molecule has 0 saturated carbocycles. The first-order valence-corrected chi connectivity index (χ1v) is 4.89. The van der Waals surface area contributed by atoms with Crippen molar-refractivity contribution in [1.29, 1.82) is 5.26 Å². The molecule has 1 rings (SSSR count). The molecule has 4 nitrogen and oxygen atoms in total. The van der Waals surface area contributed by atoms with Crippen molar-refractivity contribution >= 4 is 5.97 Å². The number of hydrogen-bond donors (Lipinski definition) is 0. The van der Waals surface area contributed by atoms with Crippen LogP contribution in [0.2, 0.25) is 0 Å². The van der Waals surface area contributed by atoms with Crippen LogP contribution in [0.15, 0.2) is 12.1 Å². The highest BCUT2D eigenvalue weighted by molar-refractivity contribution is 5.93. The summed E-state index contributed by atoms with van der Waals surface area (Å²) in [7, 11) is 0.861. The number of nitriles is 1. The molecule has 0 unspecified atom stereocenters. The molecule has 0 atom stereocenters. The first kappa shape index (κ1) is 15.7. The third kappa shape index (κ3) is 3.34. The van der Waals surface area contributed by atoms with Gasteiger partial charge in [0.25, 0.3) is 0 Å². The van der Waals surface area contributed by atoms with E-state index in [1.165, 1.54) is 6.07 Å². The quantitative estimate of drug-likeness (QED) is 0.635. The van der Waals surface area contributed by atoms with E-state index < -0.39 is 41.2 Å². The zero-order valence-corrected chi connectivity index (χ0v) is 9.79. The number of carbonyl (C=O) groups is 1. The predicted molar refractivity (Wildman–Crippen MR) is 54.1 cm³/mol. The molecule has 1 aromatic rings.